The lowest BCUT2D eigenvalue weighted by atomic mass is 9.82. The minimum absolute atomic E-state index is 0. The summed E-state index contributed by atoms with van der Waals surface area (Å²) in [6.07, 6.45) is 2.00. The topological polar surface area (TPSA) is 0 Å². The van der Waals surface area contributed by atoms with Gasteiger partial charge in [-0.15, -0.1) is 0 Å². The molecule has 1 aliphatic rings. The van der Waals surface area contributed by atoms with Crippen molar-refractivity contribution >= 4 is 21.5 Å². The van der Waals surface area contributed by atoms with E-state index in [1.54, 1.807) is 0 Å². The van der Waals surface area contributed by atoms with Crippen LogP contribution in [0.4, 0.5) is 0 Å². The summed E-state index contributed by atoms with van der Waals surface area (Å²) in [5, 5.41) is 5.40. The minimum atomic E-state index is 0. The maximum atomic E-state index is 2.40. The zero-order valence-corrected chi connectivity index (χ0v) is 26.7. The van der Waals surface area contributed by atoms with Gasteiger partial charge in [0.05, 0.1) is 0 Å². The summed E-state index contributed by atoms with van der Waals surface area (Å²) < 4.78 is 0. The molecule has 0 amide bonds. The molecule has 0 spiro atoms. The number of hydrogen-bond donors (Lipinski definition) is 0. The molecule has 0 N–H and O–H groups in total. The van der Waals surface area contributed by atoms with Crippen molar-refractivity contribution in [2.24, 2.45) is 0 Å². The van der Waals surface area contributed by atoms with Crippen molar-refractivity contribution in [3.63, 3.8) is 0 Å². The average Bonchev–Trinajstić information content (AvgIpc) is 3.12. The van der Waals surface area contributed by atoms with E-state index in [2.05, 4.69) is 183 Å². The quantitative estimate of drug-likeness (QED) is 0.188. The van der Waals surface area contributed by atoms with Crippen LogP contribution in [0.25, 0.3) is 54.9 Å². The van der Waals surface area contributed by atoms with E-state index < -0.39 is 0 Å². The fourth-order valence-electron chi connectivity index (χ4n) is 6.99. The molecule has 47 heavy (non-hydrogen) atoms. The molecule has 0 bridgehead atoms. The fourth-order valence-corrected chi connectivity index (χ4v) is 6.99. The van der Waals surface area contributed by atoms with Gasteiger partial charge in [-0.05, 0) is 109 Å². The Kier molecular flexibility index (Phi) is 7.69. The zero-order valence-electron chi connectivity index (χ0n) is 26.7. The Morgan fingerprint density at radius 2 is 1.04 bits per heavy atom. The van der Waals surface area contributed by atoms with Crippen molar-refractivity contribution in [1.29, 1.82) is 0 Å². The van der Waals surface area contributed by atoms with E-state index in [1.807, 2.05) is 0 Å². The predicted octanol–water partition coefficient (Wildman–Crippen LogP) is 12.7. The highest BCUT2D eigenvalue weighted by atomic mass is 14.2. The van der Waals surface area contributed by atoms with Crippen LogP contribution in [0, 0.1) is 6.92 Å². The number of benzene rings is 8. The van der Waals surface area contributed by atoms with Crippen molar-refractivity contribution in [3.8, 4) is 33.4 Å². The highest BCUT2D eigenvalue weighted by molar-refractivity contribution is 6.04. The molecule has 0 saturated carbocycles. The highest BCUT2D eigenvalue weighted by Crippen LogP contribution is 2.41. The summed E-state index contributed by atoms with van der Waals surface area (Å²) in [4.78, 5) is 0. The third kappa shape index (κ3) is 5.99. The first-order chi connectivity index (χ1) is 23.2. The Labute approximate surface area is 279 Å². The van der Waals surface area contributed by atoms with E-state index in [1.165, 1.54) is 82.7 Å². The molecule has 0 atom stereocenters. The predicted molar refractivity (Wildman–Crippen MR) is 203 cm³/mol. The van der Waals surface area contributed by atoms with E-state index in [9.17, 15) is 0 Å². The molecule has 0 aliphatic heterocycles. The van der Waals surface area contributed by atoms with E-state index in [4.69, 9.17) is 0 Å². The number of rotatable bonds is 4. The number of aryl methyl sites for hydroxylation is 1. The second-order valence-electron chi connectivity index (χ2n) is 12.7. The summed E-state index contributed by atoms with van der Waals surface area (Å²) in [5.74, 6) is 0. The maximum Gasteiger partial charge on any atom is 0 e. The van der Waals surface area contributed by atoms with Crippen LogP contribution < -0.4 is 0 Å². The molecule has 1 aliphatic carbocycles. The highest BCUT2D eigenvalue weighted by Gasteiger charge is 2.18. The van der Waals surface area contributed by atoms with Gasteiger partial charge in [0.1, 0.15) is 0 Å². The summed E-state index contributed by atoms with van der Waals surface area (Å²) in [7, 11) is 0. The fraction of sp³-hybridized carbons (Fsp3) is 0.0638. The monoisotopic (exact) mass is 602 g/mol. The molecule has 9 rings (SSSR count). The van der Waals surface area contributed by atoms with Crippen molar-refractivity contribution in [2.75, 3.05) is 0 Å². The SMILES string of the molecule is Cc1ccc(-c2ccc3cc4c(cc3c2)-c2cccc3cccc(c23)C4)cc1.[HH].c1ccc(Cc2cccc(-c3ccccc3)c2)cc1. The van der Waals surface area contributed by atoms with Crippen molar-refractivity contribution in [1.82, 2.24) is 0 Å². The lowest BCUT2D eigenvalue weighted by Crippen LogP contribution is -2.01. The normalized spacial score (nSPS) is 11.5. The van der Waals surface area contributed by atoms with E-state index in [0.717, 1.165) is 12.8 Å². The second kappa shape index (κ2) is 12.6. The molecule has 0 radical (unpaired) electrons. The molecule has 226 valence electrons. The molecular weight excluding hydrogens is 565 g/mol. The summed E-state index contributed by atoms with van der Waals surface area (Å²) in [6.45, 7) is 2.13. The molecule has 0 nitrogen and oxygen atoms in total. The van der Waals surface area contributed by atoms with Crippen LogP contribution in [0.5, 0.6) is 0 Å². The molecule has 0 fully saturated rings. The van der Waals surface area contributed by atoms with Gasteiger partial charge in [0.25, 0.3) is 0 Å². The van der Waals surface area contributed by atoms with Gasteiger partial charge in [-0.2, -0.15) is 0 Å². The number of fused-ring (bicyclic) bond motifs is 3. The molecule has 0 heteroatoms. The van der Waals surface area contributed by atoms with Crippen LogP contribution in [0.15, 0.2) is 176 Å². The first-order valence-corrected chi connectivity index (χ1v) is 16.5. The van der Waals surface area contributed by atoms with Gasteiger partial charge in [-0.25, -0.2) is 0 Å². The Morgan fingerprint density at radius 3 is 1.85 bits per heavy atom. The summed E-state index contributed by atoms with van der Waals surface area (Å²) in [5.41, 5.74) is 14.8. The van der Waals surface area contributed by atoms with Gasteiger partial charge in [-0.1, -0.05) is 169 Å². The average molecular weight is 603 g/mol. The van der Waals surface area contributed by atoms with Crippen LogP contribution in [0.3, 0.4) is 0 Å². The van der Waals surface area contributed by atoms with Crippen molar-refractivity contribution < 1.29 is 1.43 Å². The third-order valence-electron chi connectivity index (χ3n) is 9.39. The first kappa shape index (κ1) is 28.7. The molecular formula is C47H38. The van der Waals surface area contributed by atoms with Gasteiger partial charge in [-0.3, -0.25) is 0 Å². The van der Waals surface area contributed by atoms with Crippen molar-refractivity contribution in [2.45, 2.75) is 19.8 Å². The van der Waals surface area contributed by atoms with Gasteiger partial charge in [0, 0.05) is 1.43 Å². The Bertz CT molecular complexity index is 2330. The van der Waals surface area contributed by atoms with Crippen LogP contribution in [-0.2, 0) is 12.8 Å². The van der Waals surface area contributed by atoms with Crippen molar-refractivity contribution in [3.05, 3.63) is 204 Å². The minimum Gasteiger partial charge on any atom is -0.0622 e. The molecule has 0 unspecified atom stereocenters. The zero-order chi connectivity index (χ0) is 31.6. The van der Waals surface area contributed by atoms with Crippen LogP contribution in [0.1, 0.15) is 29.2 Å². The third-order valence-corrected chi connectivity index (χ3v) is 9.39. The molecule has 8 aromatic carbocycles. The van der Waals surface area contributed by atoms with Crippen LogP contribution >= 0.6 is 0 Å². The molecule has 0 saturated heterocycles. The smallest absolute Gasteiger partial charge is 0 e. The Hall–Kier alpha value is -5.72. The molecule has 8 aromatic rings. The lowest BCUT2D eigenvalue weighted by Gasteiger charge is -2.21. The van der Waals surface area contributed by atoms with E-state index in [0.29, 0.717) is 0 Å². The first-order valence-electron chi connectivity index (χ1n) is 16.5. The maximum absolute atomic E-state index is 2.40. The lowest BCUT2D eigenvalue weighted by molar-refractivity contribution is 1.19. The van der Waals surface area contributed by atoms with Gasteiger partial charge in [0.2, 0.25) is 0 Å². The summed E-state index contributed by atoms with van der Waals surface area (Å²) in [6, 6.07) is 63.7. The van der Waals surface area contributed by atoms with Gasteiger partial charge >= 0.3 is 0 Å². The Morgan fingerprint density at radius 1 is 0.404 bits per heavy atom. The largest absolute Gasteiger partial charge is 0.0622 e. The van der Waals surface area contributed by atoms with Gasteiger partial charge < -0.3 is 0 Å². The van der Waals surface area contributed by atoms with E-state index >= 15 is 0 Å². The molecule has 0 aromatic heterocycles. The Balaban J connectivity index is 0.000000160. The van der Waals surface area contributed by atoms with Crippen LogP contribution in [0.2, 0.25) is 0 Å². The summed E-state index contributed by atoms with van der Waals surface area (Å²) >= 11 is 0. The molecule has 0 heterocycles. The van der Waals surface area contributed by atoms with Gasteiger partial charge in [0.15, 0.2) is 0 Å². The standard InChI is InChI=1S/C28H20.C19H16.H2/c1-18-8-10-19(11-9-18)21-12-13-22-15-25-16-23-6-2-4-20-5-3-7-26(28(20)23)27(25)17-24(22)14-21;1-3-8-16(9-4-1)14-17-10-7-13-19(15-17)18-11-5-2-6-12-18;/h2-15,17H,16H2,1H3;1-13,15H,14H2;1H. The number of hydrogen-bond acceptors (Lipinski definition) is 0. The van der Waals surface area contributed by atoms with E-state index in [-0.39, 0.29) is 1.43 Å². The second-order valence-corrected chi connectivity index (χ2v) is 12.7. The van der Waals surface area contributed by atoms with Crippen LogP contribution in [-0.4, -0.2) is 0 Å².